The van der Waals surface area contributed by atoms with Gasteiger partial charge < -0.3 is 14.9 Å². The zero-order valence-electron chi connectivity index (χ0n) is 17.7. The van der Waals surface area contributed by atoms with Crippen molar-refractivity contribution >= 4 is 5.78 Å². The summed E-state index contributed by atoms with van der Waals surface area (Å²) in [5.74, 6) is -4.54. The van der Waals surface area contributed by atoms with Crippen LogP contribution in [0.4, 0.5) is 26.3 Å². The number of halogens is 6. The Hall–Kier alpha value is -0.870. The lowest BCUT2D eigenvalue weighted by atomic mass is 9.62. The average Bonchev–Trinajstić information content (AvgIpc) is 2.58. The summed E-state index contributed by atoms with van der Waals surface area (Å²) < 4.78 is 88.0. The normalized spacial score (nSPS) is 28.3. The number of hydrogen-bond donors (Lipinski definition) is 2. The van der Waals surface area contributed by atoms with E-state index in [4.69, 9.17) is 0 Å². The van der Waals surface area contributed by atoms with E-state index in [1.807, 2.05) is 0 Å². The first-order chi connectivity index (χ1) is 13.6. The van der Waals surface area contributed by atoms with Crippen LogP contribution in [0.1, 0.15) is 59.8 Å². The first-order valence-electron chi connectivity index (χ1n) is 10.3. The van der Waals surface area contributed by atoms with Crippen molar-refractivity contribution in [3.63, 3.8) is 0 Å². The largest absolute Gasteiger partial charge is 0.426 e. The number of ether oxygens (including phenoxy) is 1. The van der Waals surface area contributed by atoms with Crippen molar-refractivity contribution in [2.24, 2.45) is 23.7 Å². The molecule has 0 aromatic rings. The molecule has 0 aromatic heterocycles. The van der Waals surface area contributed by atoms with Crippen LogP contribution in [0.2, 0.25) is 0 Å². The minimum Gasteiger partial charge on any atom is -0.393 e. The van der Waals surface area contributed by atoms with Gasteiger partial charge in [0.05, 0.1) is 18.8 Å². The van der Waals surface area contributed by atoms with E-state index < -0.39 is 73.3 Å². The molecule has 1 rings (SSSR count). The van der Waals surface area contributed by atoms with Gasteiger partial charge in [0.1, 0.15) is 5.78 Å². The van der Waals surface area contributed by atoms with Gasteiger partial charge in [0.2, 0.25) is 0 Å². The van der Waals surface area contributed by atoms with Crippen molar-refractivity contribution in [3.8, 4) is 0 Å². The molecule has 0 saturated heterocycles. The maximum Gasteiger partial charge on any atom is 0.426 e. The molecule has 1 aliphatic carbocycles. The lowest BCUT2D eigenvalue weighted by Gasteiger charge is -2.48. The molecule has 4 unspecified atom stereocenters. The Morgan fingerprint density at radius 1 is 0.933 bits per heavy atom. The molecule has 4 nitrogen and oxygen atoms in total. The van der Waals surface area contributed by atoms with Gasteiger partial charge >= 0.3 is 12.4 Å². The van der Waals surface area contributed by atoms with Crippen molar-refractivity contribution in [1.29, 1.82) is 0 Å². The molecule has 1 aliphatic rings. The summed E-state index contributed by atoms with van der Waals surface area (Å²) in [6, 6.07) is 0. The fourth-order valence-corrected chi connectivity index (χ4v) is 4.58. The second-order valence-electron chi connectivity index (χ2n) is 8.49. The zero-order chi connectivity index (χ0) is 23.5. The van der Waals surface area contributed by atoms with Crippen LogP contribution in [0.15, 0.2) is 0 Å². The summed E-state index contributed by atoms with van der Waals surface area (Å²) >= 11 is 0. The SMILES string of the molecule is CCC(O)COC(C1CC(C)C(C(=O)CC(O)CC)C(C)C1)(C(F)(F)F)C(F)(F)F. The molecule has 1 saturated carbocycles. The third-order valence-electron chi connectivity index (χ3n) is 6.21. The quantitative estimate of drug-likeness (QED) is 0.501. The molecule has 0 spiro atoms. The first-order valence-corrected chi connectivity index (χ1v) is 10.3. The predicted octanol–water partition coefficient (Wildman–Crippen LogP) is 4.67. The van der Waals surface area contributed by atoms with Gasteiger partial charge in [-0.15, -0.1) is 0 Å². The molecule has 0 heterocycles. The molecule has 0 radical (unpaired) electrons. The molecule has 0 bridgehead atoms. The highest BCUT2D eigenvalue weighted by Crippen LogP contribution is 2.56. The number of Topliss-reactive ketones (excluding diaryl/α,β-unsaturated/α-hetero) is 1. The highest BCUT2D eigenvalue weighted by atomic mass is 19.4. The third-order valence-corrected chi connectivity index (χ3v) is 6.21. The van der Waals surface area contributed by atoms with Crippen LogP contribution in [0.3, 0.4) is 0 Å². The average molecular weight is 450 g/mol. The fraction of sp³-hybridized carbons (Fsp3) is 0.950. The van der Waals surface area contributed by atoms with Crippen LogP contribution >= 0.6 is 0 Å². The van der Waals surface area contributed by atoms with Crippen LogP contribution in [0, 0.1) is 23.7 Å². The zero-order valence-corrected chi connectivity index (χ0v) is 17.7. The highest BCUT2D eigenvalue weighted by Gasteiger charge is 2.76. The lowest BCUT2D eigenvalue weighted by Crippen LogP contribution is -2.65. The van der Waals surface area contributed by atoms with E-state index in [1.54, 1.807) is 6.92 Å². The Labute approximate surface area is 173 Å². The van der Waals surface area contributed by atoms with Gasteiger partial charge in [0, 0.05) is 18.3 Å². The van der Waals surface area contributed by atoms with E-state index in [1.165, 1.54) is 20.8 Å². The summed E-state index contributed by atoms with van der Waals surface area (Å²) in [5, 5.41) is 19.3. The fourth-order valence-electron chi connectivity index (χ4n) is 4.58. The van der Waals surface area contributed by atoms with Crippen molar-refractivity contribution < 1.29 is 46.1 Å². The van der Waals surface area contributed by atoms with Gasteiger partial charge in [-0.1, -0.05) is 27.7 Å². The maximum atomic E-state index is 13.9. The molecule has 30 heavy (non-hydrogen) atoms. The Morgan fingerprint density at radius 2 is 1.37 bits per heavy atom. The van der Waals surface area contributed by atoms with E-state index in [9.17, 15) is 41.4 Å². The van der Waals surface area contributed by atoms with E-state index in [2.05, 4.69) is 4.74 Å². The minimum absolute atomic E-state index is 0.0560. The molecule has 1 fully saturated rings. The van der Waals surface area contributed by atoms with Crippen molar-refractivity contribution in [2.75, 3.05) is 6.61 Å². The van der Waals surface area contributed by atoms with Crippen LogP contribution in [-0.4, -0.2) is 52.8 Å². The van der Waals surface area contributed by atoms with Gasteiger partial charge in [-0.3, -0.25) is 4.79 Å². The maximum absolute atomic E-state index is 13.9. The topological polar surface area (TPSA) is 66.8 Å². The van der Waals surface area contributed by atoms with Crippen molar-refractivity contribution in [3.05, 3.63) is 0 Å². The summed E-state index contributed by atoms with van der Waals surface area (Å²) in [6.07, 6.45) is -14.8. The monoisotopic (exact) mass is 450 g/mol. The molecule has 10 heteroatoms. The summed E-state index contributed by atoms with van der Waals surface area (Å²) in [7, 11) is 0. The predicted molar refractivity (Wildman–Crippen MR) is 97.6 cm³/mol. The molecule has 178 valence electrons. The van der Waals surface area contributed by atoms with E-state index >= 15 is 0 Å². The van der Waals surface area contributed by atoms with Gasteiger partial charge in [-0.05, 0) is 37.5 Å². The number of carbonyl (C=O) groups is 1. The summed E-state index contributed by atoms with van der Waals surface area (Å²) in [6.45, 7) is 4.91. The van der Waals surface area contributed by atoms with Crippen LogP contribution in [0.25, 0.3) is 0 Å². The smallest absolute Gasteiger partial charge is 0.393 e. The molecular formula is C20H32F6O4. The first kappa shape index (κ1) is 27.2. The van der Waals surface area contributed by atoms with Gasteiger partial charge in [-0.2, -0.15) is 26.3 Å². The molecule has 2 N–H and O–H groups in total. The van der Waals surface area contributed by atoms with Crippen LogP contribution in [-0.2, 0) is 9.53 Å². The number of aliphatic hydroxyl groups excluding tert-OH is 2. The van der Waals surface area contributed by atoms with E-state index in [0.29, 0.717) is 6.42 Å². The van der Waals surface area contributed by atoms with Gasteiger partial charge in [0.15, 0.2) is 0 Å². The second kappa shape index (κ2) is 10.2. The molecule has 4 atom stereocenters. The Morgan fingerprint density at radius 3 is 1.73 bits per heavy atom. The van der Waals surface area contributed by atoms with Crippen molar-refractivity contribution in [2.45, 2.75) is 90.0 Å². The standard InChI is InChI=1S/C20H32F6O4/c1-5-14(27)9-16(29)17-11(3)7-13(8-12(17)4)18(19(21,22)23,20(24,25)26)30-10-15(28)6-2/h11-15,17,27-28H,5-10H2,1-4H3. The number of aliphatic hydroxyl groups is 2. The molecule has 0 aromatic carbocycles. The van der Waals surface area contributed by atoms with E-state index in [-0.39, 0.29) is 18.6 Å². The molecule has 0 amide bonds. The van der Waals surface area contributed by atoms with Crippen LogP contribution in [0.5, 0.6) is 0 Å². The van der Waals surface area contributed by atoms with Crippen LogP contribution < -0.4 is 0 Å². The van der Waals surface area contributed by atoms with Gasteiger partial charge in [-0.25, -0.2) is 0 Å². The van der Waals surface area contributed by atoms with E-state index in [0.717, 1.165) is 0 Å². The number of carbonyl (C=O) groups excluding carboxylic acids is 1. The molecule has 0 aliphatic heterocycles. The summed E-state index contributed by atoms with van der Waals surface area (Å²) in [4.78, 5) is 12.5. The Balaban J connectivity index is 3.26. The molecular weight excluding hydrogens is 418 g/mol. The number of hydrogen-bond acceptors (Lipinski definition) is 4. The second-order valence-corrected chi connectivity index (χ2v) is 8.49. The Kier molecular flexibility index (Phi) is 9.20. The minimum atomic E-state index is -5.75. The Bertz CT molecular complexity index is 536. The lowest BCUT2D eigenvalue weighted by molar-refractivity contribution is -0.404. The highest BCUT2D eigenvalue weighted by molar-refractivity contribution is 5.82. The van der Waals surface area contributed by atoms with Crippen molar-refractivity contribution in [1.82, 2.24) is 0 Å². The third kappa shape index (κ3) is 5.68. The van der Waals surface area contributed by atoms with Gasteiger partial charge in [0.25, 0.3) is 5.60 Å². The summed E-state index contributed by atoms with van der Waals surface area (Å²) in [5.41, 5.74) is -4.42. The number of rotatable bonds is 9. The number of alkyl halides is 6. The number of ketones is 1.